The van der Waals surface area contributed by atoms with Gasteiger partial charge in [-0.25, -0.2) is 8.42 Å². The van der Waals surface area contributed by atoms with E-state index in [1.54, 1.807) is 12.1 Å². The van der Waals surface area contributed by atoms with Crippen LogP contribution in [0.15, 0.2) is 18.2 Å². The van der Waals surface area contributed by atoms with Crippen LogP contribution >= 0.6 is 0 Å². The summed E-state index contributed by atoms with van der Waals surface area (Å²) in [6.45, 7) is 6.52. The molecule has 7 nitrogen and oxygen atoms in total. The largest absolute Gasteiger partial charge is 0.506 e. The molecule has 146 valence electrons. The number of anilines is 2. The molecule has 3 N–H and O–H groups in total. The van der Waals surface area contributed by atoms with Gasteiger partial charge in [-0.15, -0.1) is 0 Å². The Bertz CT molecular complexity index is 709. The fourth-order valence-corrected chi connectivity index (χ4v) is 4.47. The number of phenols is 1. The van der Waals surface area contributed by atoms with Crippen molar-refractivity contribution in [3.05, 3.63) is 18.2 Å². The van der Waals surface area contributed by atoms with E-state index >= 15 is 0 Å². The first-order valence-corrected chi connectivity index (χ1v) is 11.4. The van der Waals surface area contributed by atoms with E-state index < -0.39 is 9.84 Å². The summed E-state index contributed by atoms with van der Waals surface area (Å²) in [7, 11) is -2.88. The molecule has 0 atom stereocenters. The molecule has 0 radical (unpaired) electrons. The van der Waals surface area contributed by atoms with Crippen LogP contribution in [0.1, 0.15) is 12.8 Å². The van der Waals surface area contributed by atoms with Crippen molar-refractivity contribution >= 4 is 21.2 Å². The summed E-state index contributed by atoms with van der Waals surface area (Å²) in [5, 5.41) is 9.80. The maximum absolute atomic E-state index is 11.3. The van der Waals surface area contributed by atoms with Gasteiger partial charge in [0.05, 0.1) is 11.4 Å². The number of aromatic hydroxyl groups is 1. The van der Waals surface area contributed by atoms with Crippen LogP contribution in [0.2, 0.25) is 0 Å². The number of nitrogens with zero attached hydrogens (tertiary/aromatic N) is 3. The zero-order valence-electron chi connectivity index (χ0n) is 15.5. The third-order valence-corrected chi connectivity index (χ3v) is 6.47. The Morgan fingerprint density at radius 1 is 1.12 bits per heavy atom. The van der Waals surface area contributed by atoms with Gasteiger partial charge in [0.25, 0.3) is 0 Å². The molecule has 2 fully saturated rings. The number of piperidine rings is 1. The third kappa shape index (κ3) is 5.02. The summed E-state index contributed by atoms with van der Waals surface area (Å²) in [5.74, 6) is 0.400. The number of likely N-dealkylation sites (tertiary alicyclic amines) is 1. The number of nitrogen functional groups attached to an aromatic ring is 1. The number of hydrogen-bond donors (Lipinski definition) is 2. The van der Waals surface area contributed by atoms with Gasteiger partial charge in [-0.1, -0.05) is 0 Å². The number of rotatable bonds is 5. The van der Waals surface area contributed by atoms with E-state index in [9.17, 15) is 13.5 Å². The van der Waals surface area contributed by atoms with Gasteiger partial charge in [0, 0.05) is 56.8 Å². The maximum Gasteiger partial charge on any atom is 0.148 e. The lowest BCUT2D eigenvalue weighted by Gasteiger charge is -2.43. The number of hydrogen-bond acceptors (Lipinski definition) is 7. The molecule has 26 heavy (non-hydrogen) atoms. The van der Waals surface area contributed by atoms with Gasteiger partial charge < -0.3 is 20.6 Å². The van der Waals surface area contributed by atoms with Gasteiger partial charge in [0.2, 0.25) is 0 Å². The zero-order chi connectivity index (χ0) is 18.7. The molecule has 2 aliphatic rings. The van der Waals surface area contributed by atoms with Gasteiger partial charge in [-0.3, -0.25) is 4.90 Å². The predicted molar refractivity (Wildman–Crippen MR) is 105 cm³/mol. The molecule has 0 aromatic heterocycles. The number of phenolic OH excluding ortho intramolecular Hbond substituents is 1. The van der Waals surface area contributed by atoms with Crippen LogP contribution in [-0.4, -0.2) is 87.2 Å². The van der Waals surface area contributed by atoms with Crippen molar-refractivity contribution in [3.63, 3.8) is 0 Å². The van der Waals surface area contributed by atoms with E-state index in [0.29, 0.717) is 18.3 Å². The number of benzene rings is 1. The molecule has 0 bridgehead atoms. The highest BCUT2D eigenvalue weighted by molar-refractivity contribution is 7.90. The van der Waals surface area contributed by atoms with Gasteiger partial charge >= 0.3 is 0 Å². The van der Waals surface area contributed by atoms with Crippen molar-refractivity contribution in [2.75, 3.05) is 68.5 Å². The van der Waals surface area contributed by atoms with Crippen LogP contribution in [0.4, 0.5) is 11.4 Å². The van der Waals surface area contributed by atoms with Crippen LogP contribution in [0, 0.1) is 0 Å². The highest BCUT2D eigenvalue weighted by Crippen LogP contribution is 2.27. The molecule has 3 rings (SSSR count). The molecule has 0 amide bonds. The normalized spacial score (nSPS) is 21.2. The Labute approximate surface area is 156 Å². The second-order valence-corrected chi connectivity index (χ2v) is 9.73. The molecule has 8 heteroatoms. The minimum absolute atomic E-state index is 0.145. The van der Waals surface area contributed by atoms with E-state index in [1.165, 1.54) is 6.26 Å². The van der Waals surface area contributed by atoms with Crippen LogP contribution in [-0.2, 0) is 9.84 Å². The summed E-state index contributed by atoms with van der Waals surface area (Å²) < 4.78 is 22.6. The van der Waals surface area contributed by atoms with E-state index in [2.05, 4.69) is 14.7 Å². The molecular weight excluding hydrogens is 352 g/mol. The Kier molecular flexibility index (Phi) is 5.94. The van der Waals surface area contributed by atoms with E-state index in [0.717, 1.165) is 57.8 Å². The lowest BCUT2D eigenvalue weighted by molar-refractivity contribution is 0.106. The van der Waals surface area contributed by atoms with E-state index in [-0.39, 0.29) is 11.5 Å². The smallest absolute Gasteiger partial charge is 0.148 e. The highest BCUT2D eigenvalue weighted by Gasteiger charge is 2.27. The summed E-state index contributed by atoms with van der Waals surface area (Å²) in [4.78, 5) is 7.11. The molecule has 1 aromatic rings. The Morgan fingerprint density at radius 2 is 1.77 bits per heavy atom. The summed E-state index contributed by atoms with van der Waals surface area (Å²) in [6, 6.07) is 6.05. The topological polar surface area (TPSA) is 90.1 Å². The Hall–Kier alpha value is -1.51. The second kappa shape index (κ2) is 8.02. The standard InChI is InChI=1S/C18H30N4O3S/c1-26(24,25)13-12-20-6-4-15(5-7-20)21-8-10-22(11-9-21)16-2-3-17(19)18(23)14-16/h2-3,14-15,23H,4-13,19H2,1H3. The highest BCUT2D eigenvalue weighted by atomic mass is 32.2. The minimum Gasteiger partial charge on any atom is -0.506 e. The second-order valence-electron chi connectivity index (χ2n) is 7.47. The third-order valence-electron chi connectivity index (χ3n) is 5.55. The van der Waals surface area contributed by atoms with Crippen LogP contribution in [0.25, 0.3) is 0 Å². The lowest BCUT2D eigenvalue weighted by Crippen LogP contribution is -2.53. The van der Waals surface area contributed by atoms with Crippen LogP contribution in [0.5, 0.6) is 5.75 Å². The Balaban J connectivity index is 1.45. The maximum atomic E-state index is 11.3. The molecule has 1 aromatic carbocycles. The van der Waals surface area contributed by atoms with Crippen molar-refractivity contribution in [1.29, 1.82) is 0 Å². The molecular formula is C18H30N4O3S. The first-order chi connectivity index (χ1) is 12.3. The van der Waals surface area contributed by atoms with E-state index in [4.69, 9.17) is 5.73 Å². The first kappa shape index (κ1) is 19.3. The monoisotopic (exact) mass is 382 g/mol. The molecule has 0 saturated carbocycles. The number of nitrogens with two attached hydrogens (primary N) is 1. The molecule has 2 heterocycles. The summed E-state index contributed by atoms with van der Waals surface area (Å²) >= 11 is 0. The summed E-state index contributed by atoms with van der Waals surface area (Å²) in [6.07, 6.45) is 3.51. The van der Waals surface area contributed by atoms with Gasteiger partial charge in [-0.2, -0.15) is 0 Å². The quantitative estimate of drug-likeness (QED) is 0.569. The number of sulfone groups is 1. The summed E-state index contributed by atoms with van der Waals surface area (Å²) in [5.41, 5.74) is 7.11. The predicted octanol–water partition coefficient (Wildman–Crippen LogP) is 0.605. The van der Waals surface area contributed by atoms with Crippen LogP contribution in [0.3, 0.4) is 0 Å². The van der Waals surface area contributed by atoms with Crippen molar-refractivity contribution in [3.8, 4) is 5.75 Å². The van der Waals surface area contributed by atoms with Gasteiger partial charge in [-0.05, 0) is 38.1 Å². The van der Waals surface area contributed by atoms with E-state index in [1.807, 2.05) is 6.07 Å². The lowest BCUT2D eigenvalue weighted by atomic mass is 10.0. The van der Waals surface area contributed by atoms with Crippen molar-refractivity contribution < 1.29 is 13.5 Å². The number of piperazine rings is 1. The average molecular weight is 383 g/mol. The fourth-order valence-electron chi connectivity index (χ4n) is 3.88. The zero-order valence-corrected chi connectivity index (χ0v) is 16.3. The van der Waals surface area contributed by atoms with Crippen LogP contribution < -0.4 is 10.6 Å². The molecule has 0 aliphatic carbocycles. The van der Waals surface area contributed by atoms with Gasteiger partial charge in [0.1, 0.15) is 15.6 Å². The van der Waals surface area contributed by atoms with Crippen molar-refractivity contribution in [1.82, 2.24) is 9.80 Å². The Morgan fingerprint density at radius 3 is 2.35 bits per heavy atom. The molecule has 0 unspecified atom stereocenters. The minimum atomic E-state index is -2.88. The van der Waals surface area contributed by atoms with Crippen molar-refractivity contribution in [2.24, 2.45) is 0 Å². The van der Waals surface area contributed by atoms with Crippen molar-refractivity contribution in [2.45, 2.75) is 18.9 Å². The molecule has 2 saturated heterocycles. The molecule has 2 aliphatic heterocycles. The first-order valence-electron chi connectivity index (χ1n) is 9.29. The fraction of sp³-hybridized carbons (Fsp3) is 0.667. The average Bonchev–Trinajstić information content (AvgIpc) is 2.62. The SMILES string of the molecule is CS(=O)(=O)CCN1CCC(N2CCN(c3ccc(N)c(O)c3)CC2)CC1. The van der Waals surface area contributed by atoms with Gasteiger partial charge in [0.15, 0.2) is 0 Å². The molecule has 0 spiro atoms.